The molecule has 0 radical (unpaired) electrons. The molecule has 0 aliphatic heterocycles. The molecule has 3 unspecified atom stereocenters. The molecule has 346 valence electrons. The number of allylic oxidation sites excluding steroid dienone is 2. The fourth-order valence-corrected chi connectivity index (χ4v) is 8.23. The molecule has 0 fully saturated rings. The summed E-state index contributed by atoms with van der Waals surface area (Å²) in [5.41, 5.74) is 0. The van der Waals surface area contributed by atoms with Crippen LogP contribution in [0.15, 0.2) is 12.2 Å². The second-order valence-corrected chi connectivity index (χ2v) is 19.9. The summed E-state index contributed by atoms with van der Waals surface area (Å²) in [6.45, 7) is 4.69. The van der Waals surface area contributed by atoms with E-state index in [1.807, 2.05) is 21.1 Å². The molecule has 0 bridgehead atoms. The van der Waals surface area contributed by atoms with Gasteiger partial charge in [-0.15, -0.1) is 0 Å². The summed E-state index contributed by atoms with van der Waals surface area (Å²) in [5.74, 6) is -0.165. The smallest absolute Gasteiger partial charge is 0.268 e. The van der Waals surface area contributed by atoms with E-state index in [0.29, 0.717) is 23.9 Å². The molecule has 3 atom stereocenters. The van der Waals surface area contributed by atoms with Crippen LogP contribution in [0.1, 0.15) is 245 Å². The van der Waals surface area contributed by atoms with Crippen molar-refractivity contribution in [2.75, 3.05) is 40.9 Å². The monoisotopic (exact) mass is 843 g/mol. The van der Waals surface area contributed by atoms with Crippen molar-refractivity contribution in [3.63, 3.8) is 0 Å². The summed E-state index contributed by atoms with van der Waals surface area (Å²) in [5, 5.41) is 13.8. The predicted octanol–water partition coefficient (Wildman–Crippen LogP) is 13.7. The molecule has 2 N–H and O–H groups in total. The van der Waals surface area contributed by atoms with E-state index in [0.717, 1.165) is 38.5 Å². The highest BCUT2D eigenvalue weighted by atomic mass is 31.2. The molecule has 0 saturated carbocycles. The molecule has 0 aromatic rings. The van der Waals surface area contributed by atoms with E-state index < -0.39 is 20.0 Å². The number of nitrogens with one attached hydrogen (secondary N) is 1. The molecule has 9 heteroatoms. The Morgan fingerprint density at radius 1 is 0.586 bits per heavy atom. The topological polar surface area (TPSA) is 108 Å². The van der Waals surface area contributed by atoms with Crippen molar-refractivity contribution in [3.8, 4) is 0 Å². The number of quaternary nitrogens is 1. The standard InChI is InChI=1S/C49H99N2O6P/c1-6-8-10-12-14-15-16-17-18-19-20-21-22-23-24-25-26-27-28-29-30-31-32-33-34-35-37-39-41-43-49(53)50-47(48(52)42-40-38-36-13-11-9-7-2)46-57-58(54,55)56-45-44-51(3,4)5/h19-20,47-48,52H,6-18,21-46H2,1-5H3,(H-,50,53,54,55)/b20-19-. The summed E-state index contributed by atoms with van der Waals surface area (Å²) >= 11 is 0. The Labute approximate surface area is 361 Å². The molecule has 0 aromatic heterocycles. The third-order valence-corrected chi connectivity index (χ3v) is 12.5. The maximum Gasteiger partial charge on any atom is 0.268 e. The number of hydrogen-bond donors (Lipinski definition) is 2. The number of nitrogens with zero attached hydrogens (tertiary/aromatic N) is 1. The SMILES string of the molecule is CCCCCCCCCC/C=C\CCCCCCCCCCCCCCCCCCCC(=O)NC(COP(=O)([O-])OCC[N+](C)(C)C)C(O)CCCCCCCCC. The predicted molar refractivity (Wildman–Crippen MR) is 247 cm³/mol. The zero-order valence-electron chi connectivity index (χ0n) is 39.3. The molecular formula is C49H99N2O6P. The summed E-state index contributed by atoms with van der Waals surface area (Å²) in [6, 6.07) is -0.793. The number of amides is 1. The van der Waals surface area contributed by atoms with Gasteiger partial charge >= 0.3 is 0 Å². The third kappa shape index (κ3) is 43.3. The summed E-state index contributed by atoms with van der Waals surface area (Å²) < 4.78 is 23.2. The minimum atomic E-state index is -4.55. The zero-order valence-corrected chi connectivity index (χ0v) is 40.2. The Morgan fingerprint density at radius 2 is 0.948 bits per heavy atom. The zero-order chi connectivity index (χ0) is 42.8. The van der Waals surface area contributed by atoms with Gasteiger partial charge in [-0.2, -0.15) is 0 Å². The number of carbonyl (C=O) groups excluding carboxylic acids is 1. The van der Waals surface area contributed by atoms with Gasteiger partial charge < -0.3 is 28.8 Å². The second kappa shape index (κ2) is 41.6. The van der Waals surface area contributed by atoms with Crippen LogP contribution >= 0.6 is 7.82 Å². The first kappa shape index (κ1) is 57.2. The van der Waals surface area contributed by atoms with Crippen LogP contribution in [0.3, 0.4) is 0 Å². The van der Waals surface area contributed by atoms with E-state index in [1.165, 1.54) is 180 Å². The number of likely N-dealkylation sites (N-methyl/N-ethyl adjacent to an activating group) is 1. The van der Waals surface area contributed by atoms with Gasteiger partial charge in [-0.05, 0) is 38.5 Å². The summed E-state index contributed by atoms with van der Waals surface area (Å²) in [6.07, 6.45) is 48.4. The average molecular weight is 843 g/mol. The van der Waals surface area contributed by atoms with Gasteiger partial charge in [0.05, 0.1) is 39.9 Å². The van der Waals surface area contributed by atoms with Gasteiger partial charge in [0.15, 0.2) is 0 Å². The minimum Gasteiger partial charge on any atom is -0.756 e. The van der Waals surface area contributed by atoms with E-state index in [1.54, 1.807) is 0 Å². The number of unbranched alkanes of at least 4 members (excludes halogenated alkanes) is 31. The Bertz CT molecular complexity index is 958. The molecule has 0 rings (SSSR count). The van der Waals surface area contributed by atoms with Gasteiger partial charge in [-0.3, -0.25) is 9.36 Å². The molecule has 0 aliphatic rings. The molecule has 0 spiro atoms. The van der Waals surface area contributed by atoms with Gasteiger partial charge in [0, 0.05) is 6.42 Å². The largest absolute Gasteiger partial charge is 0.756 e. The molecule has 1 amide bonds. The highest BCUT2D eigenvalue weighted by molar-refractivity contribution is 7.45. The van der Waals surface area contributed by atoms with Crippen molar-refractivity contribution in [1.29, 1.82) is 0 Å². The van der Waals surface area contributed by atoms with Gasteiger partial charge in [-0.1, -0.05) is 212 Å². The van der Waals surface area contributed by atoms with E-state index in [9.17, 15) is 19.4 Å². The number of aliphatic hydroxyl groups is 1. The maximum atomic E-state index is 12.8. The quantitative estimate of drug-likeness (QED) is 0.0273. The molecule has 58 heavy (non-hydrogen) atoms. The number of hydrogen-bond acceptors (Lipinski definition) is 6. The molecule has 8 nitrogen and oxygen atoms in total. The normalized spacial score (nSPS) is 14.3. The third-order valence-electron chi connectivity index (χ3n) is 11.5. The molecule has 0 aromatic carbocycles. The molecular weight excluding hydrogens is 744 g/mol. The van der Waals surface area contributed by atoms with Crippen LogP contribution in [0.5, 0.6) is 0 Å². The Balaban J connectivity index is 3.91. The first-order chi connectivity index (χ1) is 28.0. The number of rotatable bonds is 46. The van der Waals surface area contributed by atoms with Crippen LogP contribution in [-0.2, 0) is 18.4 Å². The van der Waals surface area contributed by atoms with Crippen LogP contribution in [-0.4, -0.2) is 68.5 Å². The summed E-state index contributed by atoms with van der Waals surface area (Å²) in [7, 11) is 1.31. The lowest BCUT2D eigenvalue weighted by molar-refractivity contribution is -0.870. The van der Waals surface area contributed by atoms with Crippen molar-refractivity contribution >= 4 is 13.7 Å². The second-order valence-electron chi connectivity index (χ2n) is 18.5. The Kier molecular flexibility index (Phi) is 41.0. The van der Waals surface area contributed by atoms with Gasteiger partial charge in [0.1, 0.15) is 13.2 Å². The maximum absolute atomic E-state index is 12.8. The van der Waals surface area contributed by atoms with E-state index in [2.05, 4.69) is 31.3 Å². The van der Waals surface area contributed by atoms with Crippen LogP contribution in [0.4, 0.5) is 0 Å². The number of phosphoric ester groups is 1. The van der Waals surface area contributed by atoms with Crippen molar-refractivity contribution < 1.29 is 32.9 Å². The van der Waals surface area contributed by atoms with Crippen LogP contribution in [0, 0.1) is 0 Å². The van der Waals surface area contributed by atoms with Crippen molar-refractivity contribution in [2.45, 2.75) is 257 Å². The van der Waals surface area contributed by atoms with Gasteiger partial charge in [0.25, 0.3) is 7.82 Å². The fraction of sp³-hybridized carbons (Fsp3) is 0.939. The summed E-state index contributed by atoms with van der Waals surface area (Å²) in [4.78, 5) is 25.2. The van der Waals surface area contributed by atoms with Crippen LogP contribution in [0.25, 0.3) is 0 Å². The molecule has 0 heterocycles. The van der Waals surface area contributed by atoms with E-state index >= 15 is 0 Å². The van der Waals surface area contributed by atoms with Crippen LogP contribution < -0.4 is 10.2 Å². The number of phosphoric acid groups is 1. The fourth-order valence-electron chi connectivity index (χ4n) is 7.51. The Morgan fingerprint density at radius 3 is 1.34 bits per heavy atom. The van der Waals surface area contributed by atoms with Gasteiger partial charge in [0.2, 0.25) is 5.91 Å². The Hall–Kier alpha value is -0.760. The first-order valence-corrected chi connectivity index (χ1v) is 26.5. The van der Waals surface area contributed by atoms with Crippen LogP contribution in [0.2, 0.25) is 0 Å². The highest BCUT2D eigenvalue weighted by Gasteiger charge is 2.24. The number of carbonyl (C=O) groups is 1. The molecule has 0 saturated heterocycles. The van der Waals surface area contributed by atoms with E-state index in [4.69, 9.17) is 9.05 Å². The molecule has 0 aliphatic carbocycles. The number of aliphatic hydroxyl groups excluding tert-OH is 1. The van der Waals surface area contributed by atoms with E-state index in [-0.39, 0.29) is 19.1 Å². The first-order valence-electron chi connectivity index (χ1n) is 25.0. The average Bonchev–Trinajstić information content (AvgIpc) is 3.17. The van der Waals surface area contributed by atoms with Crippen molar-refractivity contribution in [1.82, 2.24) is 5.32 Å². The lowest BCUT2D eigenvalue weighted by Gasteiger charge is -2.30. The lowest BCUT2D eigenvalue weighted by Crippen LogP contribution is -2.46. The van der Waals surface area contributed by atoms with Crippen molar-refractivity contribution in [3.05, 3.63) is 12.2 Å². The minimum absolute atomic E-state index is 0.0142. The van der Waals surface area contributed by atoms with Crippen molar-refractivity contribution in [2.24, 2.45) is 0 Å². The van der Waals surface area contributed by atoms with Gasteiger partial charge in [-0.25, -0.2) is 0 Å². The highest BCUT2D eigenvalue weighted by Crippen LogP contribution is 2.38. The lowest BCUT2D eigenvalue weighted by atomic mass is 10.0.